The normalized spacial score (nSPS) is 13.1. The number of unbranched alkanes of at least 4 members (excludes halogenated alkanes) is 17. The van der Waals surface area contributed by atoms with Crippen LogP contribution in [0.4, 0.5) is 0 Å². The van der Waals surface area contributed by atoms with Gasteiger partial charge in [-0.15, -0.1) is 0 Å². The zero-order chi connectivity index (χ0) is 51.4. The van der Waals surface area contributed by atoms with Gasteiger partial charge in [-0.3, -0.25) is 14.4 Å². The van der Waals surface area contributed by atoms with Crippen molar-refractivity contribution in [3.63, 3.8) is 0 Å². The fourth-order valence-corrected chi connectivity index (χ4v) is 7.25. The molecule has 0 aromatic carbocycles. The fraction of sp³-hybridized carbons (Fsp3) is 0.615. The topological polar surface area (TPSA) is 78.9 Å². The number of esters is 3. The van der Waals surface area contributed by atoms with Crippen molar-refractivity contribution >= 4 is 17.9 Å². The number of carbonyl (C=O) groups is 3. The first-order valence-corrected chi connectivity index (χ1v) is 28.7. The van der Waals surface area contributed by atoms with Gasteiger partial charge in [-0.25, -0.2) is 0 Å². The number of hydrogen-bond acceptors (Lipinski definition) is 6. The van der Waals surface area contributed by atoms with Crippen LogP contribution in [0.5, 0.6) is 0 Å². The van der Waals surface area contributed by atoms with E-state index in [2.05, 4.69) is 154 Å². The maximum Gasteiger partial charge on any atom is 0.306 e. The van der Waals surface area contributed by atoms with Crippen molar-refractivity contribution in [2.24, 2.45) is 0 Å². The molecule has 0 heterocycles. The van der Waals surface area contributed by atoms with E-state index < -0.39 is 6.10 Å². The van der Waals surface area contributed by atoms with E-state index in [1.807, 2.05) is 0 Å². The Morgan fingerprint density at radius 1 is 0.282 bits per heavy atom. The Bertz CT molecular complexity index is 1550. The summed E-state index contributed by atoms with van der Waals surface area (Å²) in [5.74, 6) is -1.04. The van der Waals surface area contributed by atoms with E-state index in [9.17, 15) is 14.4 Å². The summed E-state index contributed by atoms with van der Waals surface area (Å²) < 4.78 is 16.8. The minimum atomic E-state index is -0.835. The first-order chi connectivity index (χ1) is 35.0. The van der Waals surface area contributed by atoms with Crippen LogP contribution in [0.3, 0.4) is 0 Å². The Kier molecular flexibility index (Phi) is 54.5. The molecule has 6 nitrogen and oxygen atoms in total. The minimum absolute atomic E-state index is 0.126. The van der Waals surface area contributed by atoms with Crippen LogP contribution in [0.15, 0.2) is 134 Å². The molecule has 0 saturated heterocycles. The summed E-state index contributed by atoms with van der Waals surface area (Å²) >= 11 is 0. The third-order valence-electron chi connectivity index (χ3n) is 11.6. The molecule has 0 saturated carbocycles. The summed E-state index contributed by atoms with van der Waals surface area (Å²) in [6, 6.07) is 0. The summed E-state index contributed by atoms with van der Waals surface area (Å²) in [6.45, 7) is 6.45. The highest BCUT2D eigenvalue weighted by Gasteiger charge is 2.19. The van der Waals surface area contributed by atoms with Crippen LogP contribution in [-0.2, 0) is 28.6 Å². The lowest BCUT2D eigenvalue weighted by molar-refractivity contribution is -0.167. The smallest absolute Gasteiger partial charge is 0.306 e. The van der Waals surface area contributed by atoms with Crippen molar-refractivity contribution in [2.45, 2.75) is 245 Å². The molecule has 0 aromatic rings. The molecular weight excluding hydrogens is 877 g/mol. The Balaban J connectivity index is 4.60. The summed E-state index contributed by atoms with van der Waals surface area (Å²) in [4.78, 5) is 38.1. The molecule has 6 heteroatoms. The van der Waals surface area contributed by atoms with Crippen LogP contribution in [0.25, 0.3) is 0 Å². The van der Waals surface area contributed by atoms with Gasteiger partial charge in [0.15, 0.2) is 6.10 Å². The van der Waals surface area contributed by atoms with E-state index in [4.69, 9.17) is 14.2 Å². The maximum absolute atomic E-state index is 12.8. The van der Waals surface area contributed by atoms with Gasteiger partial charge in [-0.05, 0) is 141 Å². The third kappa shape index (κ3) is 56.3. The molecule has 71 heavy (non-hydrogen) atoms. The van der Waals surface area contributed by atoms with Gasteiger partial charge >= 0.3 is 17.9 Å². The number of rotatable bonds is 50. The molecule has 0 aliphatic rings. The number of ether oxygens (including phenoxy) is 3. The predicted molar refractivity (Wildman–Crippen MR) is 306 cm³/mol. The molecule has 0 aliphatic carbocycles. The van der Waals surface area contributed by atoms with E-state index in [0.717, 1.165) is 116 Å². The van der Waals surface area contributed by atoms with Crippen LogP contribution in [-0.4, -0.2) is 37.2 Å². The Hall–Kier alpha value is -4.45. The Morgan fingerprint density at radius 2 is 0.521 bits per heavy atom. The molecular formula is C65H104O6. The van der Waals surface area contributed by atoms with E-state index >= 15 is 0 Å². The first-order valence-electron chi connectivity index (χ1n) is 28.7. The van der Waals surface area contributed by atoms with E-state index in [1.165, 1.54) is 77.0 Å². The van der Waals surface area contributed by atoms with Crippen molar-refractivity contribution < 1.29 is 28.6 Å². The largest absolute Gasteiger partial charge is 0.462 e. The molecule has 0 N–H and O–H groups in total. The van der Waals surface area contributed by atoms with Gasteiger partial charge in [0, 0.05) is 19.3 Å². The van der Waals surface area contributed by atoms with E-state index in [-0.39, 0.29) is 37.5 Å². The number of carbonyl (C=O) groups excluding carboxylic acids is 3. The lowest BCUT2D eigenvalue weighted by atomic mass is 10.1. The Labute approximate surface area is 436 Å². The summed E-state index contributed by atoms with van der Waals surface area (Å²) in [5.41, 5.74) is 0. The SMILES string of the molecule is CCCCC/C=C/C/C=C/C/C=C/C/C=C/CCCCCC(=O)OC[C@@H](COC(=O)CCCCCC/C=C/C/C=C/C/C=C/CCCCC)OC(=O)CCC/C=C/C/C=C/C/C=C/C/C=C/CCCCC. The molecule has 0 spiro atoms. The highest BCUT2D eigenvalue weighted by atomic mass is 16.6. The van der Waals surface area contributed by atoms with Crippen molar-refractivity contribution in [1.82, 2.24) is 0 Å². The maximum atomic E-state index is 12.8. The van der Waals surface area contributed by atoms with Gasteiger partial charge in [-0.1, -0.05) is 212 Å². The van der Waals surface area contributed by atoms with Crippen LogP contribution in [0, 0.1) is 0 Å². The van der Waals surface area contributed by atoms with Gasteiger partial charge in [-0.2, -0.15) is 0 Å². The van der Waals surface area contributed by atoms with Gasteiger partial charge in [0.1, 0.15) is 13.2 Å². The van der Waals surface area contributed by atoms with Crippen LogP contribution in [0.1, 0.15) is 239 Å². The Morgan fingerprint density at radius 3 is 0.831 bits per heavy atom. The molecule has 0 aromatic heterocycles. The fourth-order valence-electron chi connectivity index (χ4n) is 7.25. The molecule has 400 valence electrons. The predicted octanol–water partition coefficient (Wildman–Crippen LogP) is 19.4. The second-order valence-corrected chi connectivity index (χ2v) is 18.5. The number of hydrogen-bond donors (Lipinski definition) is 0. The molecule has 0 radical (unpaired) electrons. The highest BCUT2D eigenvalue weighted by molar-refractivity contribution is 5.71. The quantitative estimate of drug-likeness (QED) is 0.0262. The standard InChI is InChI=1S/C65H104O6/c1-4-7-10-13-16-19-22-25-28-31-32-35-37-40-43-46-49-52-55-58-64(67)70-61-62(71-65(68)59-56-53-50-47-44-41-38-34-30-27-24-21-18-15-12-9-6-3)60-69-63(66)57-54-51-48-45-42-39-36-33-29-26-23-20-17-14-11-8-5-2/h16-21,25-30,32,35-36,38-41,43,47,50,62H,4-15,22-24,31,33-34,37,42,44-46,48-49,51-61H2,1-3H3/b19-16+,20-17+,21-18+,28-25+,29-26+,30-27+,35-32+,39-36+,41-38+,43-40+,50-47+/t62-/m1/s1. The van der Waals surface area contributed by atoms with E-state index in [1.54, 1.807) is 0 Å². The monoisotopic (exact) mass is 981 g/mol. The lowest BCUT2D eigenvalue weighted by Crippen LogP contribution is -2.30. The average molecular weight is 982 g/mol. The van der Waals surface area contributed by atoms with Gasteiger partial charge in [0.2, 0.25) is 0 Å². The van der Waals surface area contributed by atoms with Crippen molar-refractivity contribution in [3.8, 4) is 0 Å². The van der Waals surface area contributed by atoms with E-state index in [0.29, 0.717) is 19.3 Å². The number of allylic oxidation sites excluding steroid dienone is 22. The molecule has 0 rings (SSSR count). The molecule has 0 fully saturated rings. The van der Waals surface area contributed by atoms with Crippen molar-refractivity contribution in [3.05, 3.63) is 134 Å². The molecule has 0 bridgehead atoms. The van der Waals surface area contributed by atoms with Gasteiger partial charge in [0.05, 0.1) is 0 Å². The second-order valence-electron chi connectivity index (χ2n) is 18.5. The van der Waals surface area contributed by atoms with Gasteiger partial charge < -0.3 is 14.2 Å². The average Bonchev–Trinajstić information content (AvgIpc) is 3.37. The summed E-state index contributed by atoms with van der Waals surface area (Å²) in [7, 11) is 0. The molecule has 0 unspecified atom stereocenters. The zero-order valence-electron chi connectivity index (χ0n) is 45.7. The third-order valence-corrected chi connectivity index (χ3v) is 11.6. The molecule has 0 aliphatic heterocycles. The van der Waals surface area contributed by atoms with Crippen molar-refractivity contribution in [2.75, 3.05) is 13.2 Å². The molecule has 1 atom stereocenters. The lowest BCUT2D eigenvalue weighted by Gasteiger charge is -2.18. The van der Waals surface area contributed by atoms with Crippen LogP contribution >= 0.6 is 0 Å². The van der Waals surface area contributed by atoms with Crippen molar-refractivity contribution in [1.29, 1.82) is 0 Å². The van der Waals surface area contributed by atoms with Gasteiger partial charge in [0.25, 0.3) is 0 Å². The summed E-state index contributed by atoms with van der Waals surface area (Å²) in [5, 5.41) is 0. The van der Waals surface area contributed by atoms with Crippen LogP contribution < -0.4 is 0 Å². The molecule has 0 amide bonds. The zero-order valence-corrected chi connectivity index (χ0v) is 45.7. The highest BCUT2D eigenvalue weighted by Crippen LogP contribution is 2.11. The second kappa shape index (κ2) is 58.1. The van der Waals surface area contributed by atoms with Crippen LogP contribution in [0.2, 0.25) is 0 Å². The summed E-state index contributed by atoms with van der Waals surface area (Å²) in [6.07, 6.45) is 81.5. The first kappa shape index (κ1) is 66.6. The minimum Gasteiger partial charge on any atom is -0.462 e.